The Kier molecular flexibility index (Phi) is 3.49. The molecule has 1 heterocycles. The van der Waals surface area contributed by atoms with E-state index in [0.29, 0.717) is 11.3 Å². The number of hydrazine groups is 1. The molecule has 0 unspecified atom stereocenters. The van der Waals surface area contributed by atoms with Crippen LogP contribution in [0.2, 0.25) is 0 Å². The first-order valence-electron chi connectivity index (χ1n) is 5.81. The van der Waals surface area contributed by atoms with Crippen molar-refractivity contribution in [3.05, 3.63) is 23.8 Å². The number of piperidine rings is 1. The van der Waals surface area contributed by atoms with Crippen LogP contribution in [0.25, 0.3) is 0 Å². The summed E-state index contributed by atoms with van der Waals surface area (Å²) >= 11 is 0. The number of aromatic hydroxyl groups is 1. The number of nitrogens with zero attached hydrogens (tertiary/aromatic N) is 1. The van der Waals surface area contributed by atoms with Gasteiger partial charge in [-0.25, -0.2) is 5.01 Å². The lowest BCUT2D eigenvalue weighted by Crippen LogP contribution is -2.45. The van der Waals surface area contributed by atoms with Gasteiger partial charge in [0.1, 0.15) is 5.75 Å². The number of carbonyl (C=O) groups excluding carboxylic acids is 1. The van der Waals surface area contributed by atoms with Crippen LogP contribution < -0.4 is 11.2 Å². The summed E-state index contributed by atoms with van der Waals surface area (Å²) in [6.07, 6.45) is 3.40. The zero-order valence-electron chi connectivity index (χ0n) is 9.65. The number of amides is 1. The quantitative estimate of drug-likeness (QED) is 0.530. The monoisotopic (exact) mass is 235 g/mol. The van der Waals surface area contributed by atoms with E-state index in [0.717, 1.165) is 25.9 Å². The summed E-state index contributed by atoms with van der Waals surface area (Å²) in [5.41, 5.74) is 9.20. The fourth-order valence-corrected chi connectivity index (χ4v) is 1.95. The molecule has 0 radical (unpaired) electrons. The standard InChI is InChI=1S/C12H17N3O2/c13-11-5-4-9(16)8-10(11)12(17)14-15-6-2-1-3-7-15/h4-5,8,16H,1-3,6-7,13H2,(H,14,17). The lowest BCUT2D eigenvalue weighted by atomic mass is 10.1. The van der Waals surface area contributed by atoms with Gasteiger partial charge in [0.05, 0.1) is 5.56 Å². The van der Waals surface area contributed by atoms with Crippen LogP contribution in [0.15, 0.2) is 18.2 Å². The third-order valence-corrected chi connectivity index (χ3v) is 2.90. The minimum Gasteiger partial charge on any atom is -0.508 e. The van der Waals surface area contributed by atoms with Gasteiger partial charge in [-0.2, -0.15) is 0 Å². The number of phenolic OH excluding ortho intramolecular Hbond substituents is 1. The Hall–Kier alpha value is -1.75. The second kappa shape index (κ2) is 5.05. The summed E-state index contributed by atoms with van der Waals surface area (Å²) in [6.45, 7) is 1.73. The summed E-state index contributed by atoms with van der Waals surface area (Å²) in [5.74, 6) is -0.219. The van der Waals surface area contributed by atoms with Crippen LogP contribution in [0.1, 0.15) is 29.6 Å². The maximum absolute atomic E-state index is 11.9. The van der Waals surface area contributed by atoms with Crippen LogP contribution in [0, 0.1) is 0 Å². The molecule has 17 heavy (non-hydrogen) atoms. The molecule has 0 spiro atoms. The van der Waals surface area contributed by atoms with E-state index < -0.39 is 0 Å². The van der Waals surface area contributed by atoms with Gasteiger partial charge in [0.2, 0.25) is 0 Å². The maximum atomic E-state index is 11.9. The van der Waals surface area contributed by atoms with E-state index in [1.807, 2.05) is 5.01 Å². The molecule has 0 aromatic heterocycles. The SMILES string of the molecule is Nc1ccc(O)cc1C(=O)NN1CCCCC1. The van der Waals surface area contributed by atoms with Gasteiger partial charge in [0.25, 0.3) is 5.91 Å². The molecule has 4 N–H and O–H groups in total. The smallest absolute Gasteiger partial charge is 0.267 e. The molecule has 0 saturated carbocycles. The normalized spacial score (nSPS) is 16.7. The number of hydrogen-bond donors (Lipinski definition) is 3. The number of carbonyl (C=O) groups is 1. The van der Waals surface area contributed by atoms with Crippen LogP contribution in [0.5, 0.6) is 5.75 Å². The van der Waals surface area contributed by atoms with Gasteiger partial charge in [0.15, 0.2) is 0 Å². The predicted octanol–water partition coefficient (Wildman–Crippen LogP) is 1.11. The van der Waals surface area contributed by atoms with Crippen LogP contribution >= 0.6 is 0 Å². The minimum atomic E-state index is -0.264. The minimum absolute atomic E-state index is 0.0444. The first-order chi connectivity index (χ1) is 8.16. The van der Waals surface area contributed by atoms with Gasteiger partial charge in [0, 0.05) is 18.8 Å². The molecule has 1 fully saturated rings. The number of hydrogen-bond acceptors (Lipinski definition) is 4. The average Bonchev–Trinajstić information content (AvgIpc) is 2.33. The van der Waals surface area contributed by atoms with Crippen molar-refractivity contribution in [2.45, 2.75) is 19.3 Å². The van der Waals surface area contributed by atoms with Gasteiger partial charge < -0.3 is 10.8 Å². The Morgan fingerprint density at radius 2 is 2.00 bits per heavy atom. The van der Waals surface area contributed by atoms with Crippen molar-refractivity contribution < 1.29 is 9.90 Å². The molecule has 1 aromatic carbocycles. The Bertz CT molecular complexity index is 414. The van der Waals surface area contributed by atoms with Crippen molar-refractivity contribution in [3.8, 4) is 5.75 Å². The Morgan fingerprint density at radius 3 is 2.71 bits per heavy atom. The predicted molar refractivity (Wildman–Crippen MR) is 65.4 cm³/mol. The highest BCUT2D eigenvalue weighted by Gasteiger charge is 2.16. The second-order valence-corrected chi connectivity index (χ2v) is 4.26. The number of nitrogens with one attached hydrogen (secondary N) is 1. The first-order valence-corrected chi connectivity index (χ1v) is 5.81. The zero-order chi connectivity index (χ0) is 12.3. The third kappa shape index (κ3) is 2.88. The lowest BCUT2D eigenvalue weighted by molar-refractivity contribution is 0.0750. The number of nitrogen functional groups attached to an aromatic ring is 1. The highest BCUT2D eigenvalue weighted by Crippen LogP contribution is 2.18. The lowest BCUT2D eigenvalue weighted by Gasteiger charge is -2.27. The molecule has 0 bridgehead atoms. The van der Waals surface area contributed by atoms with Crippen molar-refractivity contribution in [2.75, 3.05) is 18.8 Å². The molecular formula is C12H17N3O2. The van der Waals surface area contributed by atoms with Gasteiger partial charge >= 0.3 is 0 Å². The summed E-state index contributed by atoms with van der Waals surface area (Å²) in [4.78, 5) is 11.9. The molecule has 5 heteroatoms. The van der Waals surface area contributed by atoms with E-state index in [9.17, 15) is 9.90 Å². The van der Waals surface area contributed by atoms with E-state index in [2.05, 4.69) is 5.43 Å². The number of rotatable bonds is 2. The third-order valence-electron chi connectivity index (χ3n) is 2.90. The summed E-state index contributed by atoms with van der Waals surface area (Å²) in [5, 5.41) is 11.2. The van der Waals surface area contributed by atoms with Crippen molar-refractivity contribution in [1.29, 1.82) is 0 Å². The molecule has 0 atom stereocenters. The highest BCUT2D eigenvalue weighted by atomic mass is 16.3. The van der Waals surface area contributed by atoms with Crippen molar-refractivity contribution in [3.63, 3.8) is 0 Å². The van der Waals surface area contributed by atoms with Crippen LogP contribution in [0.3, 0.4) is 0 Å². The van der Waals surface area contributed by atoms with E-state index >= 15 is 0 Å². The van der Waals surface area contributed by atoms with E-state index in [1.54, 1.807) is 0 Å². The molecule has 92 valence electrons. The highest BCUT2D eigenvalue weighted by molar-refractivity contribution is 5.99. The van der Waals surface area contributed by atoms with Crippen molar-refractivity contribution in [1.82, 2.24) is 10.4 Å². The molecule has 1 aliphatic rings. The van der Waals surface area contributed by atoms with Gasteiger partial charge in [-0.05, 0) is 31.0 Å². The topological polar surface area (TPSA) is 78.6 Å². The van der Waals surface area contributed by atoms with Gasteiger partial charge in [-0.1, -0.05) is 6.42 Å². The zero-order valence-corrected chi connectivity index (χ0v) is 9.65. The largest absolute Gasteiger partial charge is 0.508 e. The van der Waals surface area contributed by atoms with E-state index in [-0.39, 0.29) is 11.7 Å². The number of nitrogens with two attached hydrogens (primary N) is 1. The number of phenols is 1. The molecule has 1 aromatic rings. The van der Waals surface area contributed by atoms with Gasteiger partial charge in [-0.3, -0.25) is 10.2 Å². The average molecular weight is 235 g/mol. The molecule has 1 saturated heterocycles. The molecule has 2 rings (SSSR count). The van der Waals surface area contributed by atoms with Crippen LogP contribution in [0.4, 0.5) is 5.69 Å². The Morgan fingerprint density at radius 1 is 1.29 bits per heavy atom. The Labute approximate surface area is 100 Å². The molecule has 1 aliphatic heterocycles. The van der Waals surface area contributed by atoms with Crippen molar-refractivity contribution in [2.24, 2.45) is 0 Å². The van der Waals surface area contributed by atoms with Crippen molar-refractivity contribution >= 4 is 11.6 Å². The van der Waals surface area contributed by atoms with E-state index in [4.69, 9.17) is 5.73 Å². The number of benzene rings is 1. The van der Waals surface area contributed by atoms with Crippen LogP contribution in [-0.4, -0.2) is 29.1 Å². The first kappa shape index (κ1) is 11.7. The summed E-state index contributed by atoms with van der Waals surface area (Å²) in [6, 6.07) is 4.38. The summed E-state index contributed by atoms with van der Waals surface area (Å²) in [7, 11) is 0. The fraction of sp³-hybridized carbons (Fsp3) is 0.417. The van der Waals surface area contributed by atoms with Crippen LogP contribution in [-0.2, 0) is 0 Å². The Balaban J connectivity index is 2.05. The summed E-state index contributed by atoms with van der Waals surface area (Å²) < 4.78 is 0. The fourth-order valence-electron chi connectivity index (χ4n) is 1.95. The second-order valence-electron chi connectivity index (χ2n) is 4.26. The molecule has 0 aliphatic carbocycles. The molecule has 5 nitrogen and oxygen atoms in total. The van der Waals surface area contributed by atoms with E-state index in [1.165, 1.54) is 24.6 Å². The number of anilines is 1. The molecular weight excluding hydrogens is 218 g/mol. The molecule has 1 amide bonds. The maximum Gasteiger partial charge on any atom is 0.267 e. The van der Waals surface area contributed by atoms with Gasteiger partial charge in [-0.15, -0.1) is 0 Å².